The van der Waals surface area contributed by atoms with Crippen LogP contribution >= 0.6 is 11.3 Å². The van der Waals surface area contributed by atoms with Crippen molar-refractivity contribution < 1.29 is 0 Å². The van der Waals surface area contributed by atoms with E-state index in [9.17, 15) is 0 Å². The van der Waals surface area contributed by atoms with Crippen molar-refractivity contribution in [1.29, 1.82) is 0 Å². The Bertz CT molecular complexity index is 534. The van der Waals surface area contributed by atoms with Crippen molar-refractivity contribution in [1.82, 2.24) is 20.1 Å². The predicted molar refractivity (Wildman–Crippen MR) is 108 cm³/mol. The van der Waals surface area contributed by atoms with E-state index in [0.29, 0.717) is 6.04 Å². The van der Waals surface area contributed by atoms with E-state index in [2.05, 4.69) is 60.5 Å². The minimum atomic E-state index is 0.531. The molecule has 25 heavy (non-hydrogen) atoms. The van der Waals surface area contributed by atoms with Gasteiger partial charge in [0, 0.05) is 25.0 Å². The number of nitrogens with one attached hydrogen (secondary N) is 1. The highest BCUT2D eigenvalue weighted by Crippen LogP contribution is 2.28. The van der Waals surface area contributed by atoms with Gasteiger partial charge < -0.3 is 15.1 Å². The molecular formula is C19H35N5S. The first-order valence-corrected chi connectivity index (χ1v) is 10.5. The van der Waals surface area contributed by atoms with Crippen LogP contribution in [0.25, 0.3) is 0 Å². The van der Waals surface area contributed by atoms with E-state index in [1.54, 1.807) is 11.3 Å². The second kappa shape index (κ2) is 10.1. The van der Waals surface area contributed by atoms with E-state index < -0.39 is 0 Å². The van der Waals surface area contributed by atoms with Gasteiger partial charge in [-0.2, -0.15) is 0 Å². The Labute approximate surface area is 157 Å². The van der Waals surface area contributed by atoms with Crippen LogP contribution in [-0.2, 0) is 6.54 Å². The van der Waals surface area contributed by atoms with Crippen LogP contribution in [-0.4, -0.2) is 61.0 Å². The standard InChI is InChI=1S/C19H35N5S/c1-6-20-19(24(5)13-17-14-25-15(2)22-17)21-12-18(23(3)4)16-10-8-7-9-11-16/h14,16,18H,6-13H2,1-5H3,(H,20,21). The smallest absolute Gasteiger partial charge is 0.194 e. The number of nitrogens with zero attached hydrogens (tertiary/aromatic N) is 4. The molecule has 6 heteroatoms. The first-order chi connectivity index (χ1) is 12.0. The second-order valence-corrected chi connectivity index (χ2v) is 8.40. The number of rotatable bonds is 7. The lowest BCUT2D eigenvalue weighted by Gasteiger charge is -2.34. The van der Waals surface area contributed by atoms with Crippen molar-refractivity contribution in [3.05, 3.63) is 16.1 Å². The molecule has 1 aliphatic carbocycles. The summed E-state index contributed by atoms with van der Waals surface area (Å²) in [5.41, 5.74) is 1.12. The summed E-state index contributed by atoms with van der Waals surface area (Å²) in [6, 6.07) is 0.531. The number of aliphatic imine (C=N–C) groups is 1. The summed E-state index contributed by atoms with van der Waals surface area (Å²) in [7, 11) is 6.49. The van der Waals surface area contributed by atoms with Crippen LogP contribution in [0.4, 0.5) is 0 Å². The van der Waals surface area contributed by atoms with Gasteiger partial charge in [0.25, 0.3) is 0 Å². The normalized spacial score (nSPS) is 17.8. The molecule has 0 radical (unpaired) electrons. The molecule has 5 nitrogen and oxygen atoms in total. The number of hydrogen-bond acceptors (Lipinski definition) is 4. The van der Waals surface area contributed by atoms with Gasteiger partial charge in [-0.1, -0.05) is 19.3 Å². The maximum absolute atomic E-state index is 4.98. The van der Waals surface area contributed by atoms with Gasteiger partial charge in [-0.25, -0.2) is 4.98 Å². The van der Waals surface area contributed by atoms with E-state index in [1.165, 1.54) is 32.1 Å². The fraction of sp³-hybridized carbons (Fsp3) is 0.789. The Kier molecular flexibility index (Phi) is 8.16. The van der Waals surface area contributed by atoms with Gasteiger partial charge in [-0.15, -0.1) is 11.3 Å². The van der Waals surface area contributed by atoms with Crippen molar-refractivity contribution in [2.75, 3.05) is 34.2 Å². The third kappa shape index (κ3) is 6.26. The topological polar surface area (TPSA) is 43.8 Å². The lowest BCUT2D eigenvalue weighted by molar-refractivity contribution is 0.175. The monoisotopic (exact) mass is 365 g/mol. The van der Waals surface area contributed by atoms with Crippen LogP contribution in [0.1, 0.15) is 49.7 Å². The minimum absolute atomic E-state index is 0.531. The molecule has 1 atom stereocenters. The zero-order valence-electron chi connectivity index (χ0n) is 16.6. The van der Waals surface area contributed by atoms with Gasteiger partial charge in [-0.3, -0.25) is 4.99 Å². The Balaban J connectivity index is 2.02. The third-order valence-electron chi connectivity index (χ3n) is 5.05. The van der Waals surface area contributed by atoms with Crippen LogP contribution in [0, 0.1) is 12.8 Å². The number of thiazole rings is 1. The molecule has 1 saturated carbocycles. The molecule has 0 spiro atoms. The molecule has 2 rings (SSSR count). The zero-order chi connectivity index (χ0) is 18.2. The van der Waals surface area contributed by atoms with Gasteiger partial charge >= 0.3 is 0 Å². The molecular weight excluding hydrogens is 330 g/mol. The minimum Gasteiger partial charge on any atom is -0.357 e. The summed E-state index contributed by atoms with van der Waals surface area (Å²) in [5, 5.41) is 6.70. The summed E-state index contributed by atoms with van der Waals surface area (Å²) < 4.78 is 0. The van der Waals surface area contributed by atoms with Gasteiger partial charge in [0.15, 0.2) is 5.96 Å². The fourth-order valence-corrected chi connectivity index (χ4v) is 4.31. The summed E-state index contributed by atoms with van der Waals surface area (Å²) in [6.07, 6.45) is 6.85. The quantitative estimate of drug-likeness (QED) is 0.594. The molecule has 0 saturated heterocycles. The number of guanidine groups is 1. The highest BCUT2D eigenvalue weighted by atomic mass is 32.1. The number of aryl methyl sites for hydroxylation is 1. The molecule has 142 valence electrons. The molecule has 1 aromatic heterocycles. The number of hydrogen-bond donors (Lipinski definition) is 1. The van der Waals surface area contributed by atoms with Gasteiger partial charge in [0.1, 0.15) is 0 Å². The average molecular weight is 366 g/mol. The third-order valence-corrected chi connectivity index (χ3v) is 5.87. The van der Waals surface area contributed by atoms with Crippen molar-refractivity contribution in [2.24, 2.45) is 10.9 Å². The van der Waals surface area contributed by atoms with Crippen LogP contribution in [0.15, 0.2) is 10.4 Å². The molecule has 1 N–H and O–H groups in total. The maximum Gasteiger partial charge on any atom is 0.194 e. The largest absolute Gasteiger partial charge is 0.357 e. The zero-order valence-corrected chi connectivity index (χ0v) is 17.4. The fourth-order valence-electron chi connectivity index (χ4n) is 3.70. The van der Waals surface area contributed by atoms with Crippen LogP contribution in [0.3, 0.4) is 0 Å². The van der Waals surface area contributed by atoms with Crippen molar-refractivity contribution >= 4 is 17.3 Å². The molecule has 0 aliphatic heterocycles. The van der Waals surface area contributed by atoms with Gasteiger partial charge in [0.05, 0.1) is 23.8 Å². The Morgan fingerprint density at radius 2 is 2.04 bits per heavy atom. The number of likely N-dealkylation sites (N-methyl/N-ethyl adjacent to an activating group) is 1. The number of aromatic nitrogens is 1. The van der Waals surface area contributed by atoms with Gasteiger partial charge in [-0.05, 0) is 46.7 Å². The van der Waals surface area contributed by atoms with Crippen molar-refractivity contribution in [3.8, 4) is 0 Å². The van der Waals surface area contributed by atoms with E-state index in [-0.39, 0.29) is 0 Å². The molecule has 1 fully saturated rings. The summed E-state index contributed by atoms with van der Waals surface area (Å²) in [4.78, 5) is 14.1. The average Bonchev–Trinajstić information content (AvgIpc) is 2.99. The van der Waals surface area contributed by atoms with Crippen LogP contribution in [0.5, 0.6) is 0 Å². The van der Waals surface area contributed by atoms with E-state index in [4.69, 9.17) is 4.99 Å². The first kappa shape index (κ1) is 20.2. The lowest BCUT2D eigenvalue weighted by atomic mass is 9.83. The van der Waals surface area contributed by atoms with Crippen LogP contribution in [0.2, 0.25) is 0 Å². The Hall–Kier alpha value is -1.14. The molecule has 1 heterocycles. The molecule has 1 unspecified atom stereocenters. The first-order valence-electron chi connectivity index (χ1n) is 9.58. The Morgan fingerprint density at radius 3 is 2.60 bits per heavy atom. The molecule has 0 bridgehead atoms. The Morgan fingerprint density at radius 1 is 1.32 bits per heavy atom. The maximum atomic E-state index is 4.98. The highest BCUT2D eigenvalue weighted by molar-refractivity contribution is 7.09. The second-order valence-electron chi connectivity index (χ2n) is 7.34. The summed E-state index contributed by atoms with van der Waals surface area (Å²) >= 11 is 1.71. The van der Waals surface area contributed by atoms with E-state index in [0.717, 1.165) is 42.2 Å². The van der Waals surface area contributed by atoms with E-state index in [1.807, 2.05) is 0 Å². The molecule has 1 aliphatic rings. The van der Waals surface area contributed by atoms with Crippen LogP contribution < -0.4 is 5.32 Å². The van der Waals surface area contributed by atoms with Crippen molar-refractivity contribution in [3.63, 3.8) is 0 Å². The van der Waals surface area contributed by atoms with Gasteiger partial charge in [0.2, 0.25) is 0 Å². The lowest BCUT2D eigenvalue weighted by Crippen LogP contribution is -2.42. The predicted octanol–water partition coefficient (Wildman–Crippen LogP) is 3.36. The summed E-state index contributed by atoms with van der Waals surface area (Å²) in [6.45, 7) is 6.72. The SMILES string of the molecule is CCNC(=NCC(C1CCCCC1)N(C)C)N(C)Cc1csc(C)n1. The molecule has 0 aromatic carbocycles. The molecule has 0 amide bonds. The summed E-state index contributed by atoms with van der Waals surface area (Å²) in [5.74, 6) is 1.76. The highest BCUT2D eigenvalue weighted by Gasteiger charge is 2.25. The molecule has 1 aromatic rings. The van der Waals surface area contributed by atoms with Crippen molar-refractivity contribution in [2.45, 2.75) is 58.5 Å². The van der Waals surface area contributed by atoms with E-state index >= 15 is 0 Å².